The maximum Gasteiger partial charge on any atom is 0.410 e. The predicted octanol–water partition coefficient (Wildman–Crippen LogP) is 6.38. The van der Waals surface area contributed by atoms with Gasteiger partial charge in [0.05, 0.1) is 30.7 Å². The normalized spacial score (nSPS) is 20.8. The van der Waals surface area contributed by atoms with Crippen molar-refractivity contribution in [2.75, 3.05) is 31.2 Å². The van der Waals surface area contributed by atoms with E-state index >= 15 is 4.39 Å². The van der Waals surface area contributed by atoms with Crippen molar-refractivity contribution < 1.29 is 23.8 Å². The van der Waals surface area contributed by atoms with Crippen molar-refractivity contribution in [1.82, 2.24) is 19.9 Å². The second-order valence-electron chi connectivity index (χ2n) is 13.3. The van der Waals surface area contributed by atoms with E-state index in [2.05, 4.69) is 14.9 Å². The third-order valence-electron chi connectivity index (χ3n) is 8.94. The van der Waals surface area contributed by atoms with Crippen molar-refractivity contribution in [2.45, 2.75) is 64.1 Å². The number of pyridine rings is 1. The first kappa shape index (κ1) is 29.0. The van der Waals surface area contributed by atoms with Gasteiger partial charge >= 0.3 is 12.1 Å². The van der Waals surface area contributed by atoms with E-state index in [4.69, 9.17) is 26.1 Å². The van der Waals surface area contributed by atoms with E-state index in [1.54, 1.807) is 18.3 Å². The minimum atomic E-state index is -0.595. The number of hydrogen-bond donors (Lipinski definition) is 1. The molecule has 11 heteroatoms. The molecule has 44 heavy (non-hydrogen) atoms. The molecule has 1 aliphatic carbocycles. The topological polar surface area (TPSA) is 101 Å². The van der Waals surface area contributed by atoms with Crippen molar-refractivity contribution in [3.63, 3.8) is 0 Å². The minimum absolute atomic E-state index is 0.00763. The number of piperazine rings is 1. The molecule has 230 valence electrons. The summed E-state index contributed by atoms with van der Waals surface area (Å²) < 4.78 is 28.4. The minimum Gasteiger partial charge on any atom is -0.463 e. The van der Waals surface area contributed by atoms with Gasteiger partial charge in [-0.3, -0.25) is 9.88 Å². The van der Waals surface area contributed by atoms with Crippen LogP contribution in [0.25, 0.3) is 32.9 Å². The number of aromatic nitrogens is 3. The summed E-state index contributed by atoms with van der Waals surface area (Å²) in [7, 11) is 0. The number of carbonyl (C=O) groups excluding carboxylic acids is 1. The van der Waals surface area contributed by atoms with Gasteiger partial charge in [0.15, 0.2) is 5.82 Å². The molecule has 2 aromatic heterocycles. The SMILES string of the molecule is CC(C)(C)OC(=O)N1C2CCC1CN(c1nc(OCC3(CO)CC3)nc3c(F)c(-c4cccc5cccc(Cl)c45)ncc13)C2. The maximum absolute atomic E-state index is 16.6. The molecule has 7 rings (SSSR count). The van der Waals surface area contributed by atoms with Crippen LogP contribution >= 0.6 is 11.6 Å². The number of aliphatic hydroxyl groups is 1. The van der Waals surface area contributed by atoms with Crippen LogP contribution in [0.2, 0.25) is 5.02 Å². The Bertz CT molecular complexity index is 1760. The number of benzene rings is 2. The molecule has 2 aliphatic heterocycles. The summed E-state index contributed by atoms with van der Waals surface area (Å²) in [4.78, 5) is 30.9. The van der Waals surface area contributed by atoms with Crippen LogP contribution in [0.1, 0.15) is 46.5 Å². The molecule has 0 spiro atoms. The smallest absolute Gasteiger partial charge is 0.410 e. The lowest BCUT2D eigenvalue weighted by atomic mass is 10.0. The number of nitrogens with zero attached hydrogens (tertiary/aromatic N) is 5. The van der Waals surface area contributed by atoms with Gasteiger partial charge in [-0.2, -0.15) is 9.97 Å². The van der Waals surface area contributed by atoms with E-state index < -0.39 is 11.4 Å². The highest BCUT2D eigenvalue weighted by Crippen LogP contribution is 2.45. The average molecular weight is 620 g/mol. The van der Waals surface area contributed by atoms with Gasteiger partial charge in [-0.25, -0.2) is 9.18 Å². The molecule has 3 fully saturated rings. The van der Waals surface area contributed by atoms with Crippen LogP contribution in [-0.2, 0) is 4.74 Å². The molecule has 2 atom stereocenters. The highest BCUT2D eigenvalue weighted by Gasteiger charge is 2.46. The van der Waals surface area contributed by atoms with Crippen molar-refractivity contribution in [3.8, 4) is 17.3 Å². The molecule has 3 aliphatic rings. The average Bonchev–Trinajstić information content (AvgIpc) is 3.72. The number of anilines is 1. The third kappa shape index (κ3) is 5.17. The van der Waals surface area contributed by atoms with Gasteiger partial charge in [0, 0.05) is 40.7 Å². The first-order valence-electron chi connectivity index (χ1n) is 15.1. The molecular weight excluding hydrogens is 585 g/mol. The molecule has 4 heterocycles. The van der Waals surface area contributed by atoms with Crippen LogP contribution < -0.4 is 9.64 Å². The molecule has 0 radical (unpaired) electrons. The zero-order valence-electron chi connectivity index (χ0n) is 25.0. The van der Waals surface area contributed by atoms with Gasteiger partial charge in [-0.1, -0.05) is 41.9 Å². The second-order valence-corrected chi connectivity index (χ2v) is 13.7. The van der Waals surface area contributed by atoms with E-state index in [-0.39, 0.29) is 54.0 Å². The van der Waals surface area contributed by atoms with Crippen molar-refractivity contribution in [2.24, 2.45) is 5.41 Å². The van der Waals surface area contributed by atoms with Crippen LogP contribution in [0.3, 0.4) is 0 Å². The molecule has 1 amide bonds. The zero-order valence-corrected chi connectivity index (χ0v) is 25.8. The first-order chi connectivity index (χ1) is 21.1. The Hall–Kier alpha value is -3.76. The fraction of sp³-hybridized carbons (Fsp3) is 0.455. The monoisotopic (exact) mass is 619 g/mol. The number of carbonyl (C=O) groups is 1. The standard InChI is InChI=1S/C33H35ClFN5O4/c1-32(2,3)44-31(42)40-20-10-11-21(40)16-39(15-20)29-23-14-36-27(22-8-4-6-19-7-5-9-24(34)25(19)22)26(35)28(23)37-30(38-29)43-18-33(17-41)12-13-33/h4-9,14,20-21,41H,10-13,15-18H2,1-3H3. The summed E-state index contributed by atoms with van der Waals surface area (Å²) in [5, 5.41) is 12.4. The van der Waals surface area contributed by atoms with Gasteiger partial charge in [0.25, 0.3) is 0 Å². The van der Waals surface area contributed by atoms with Gasteiger partial charge in [0.1, 0.15) is 22.6 Å². The Balaban J connectivity index is 1.30. The Morgan fingerprint density at radius 2 is 1.82 bits per heavy atom. The molecule has 4 aromatic rings. The molecule has 2 bridgehead atoms. The van der Waals surface area contributed by atoms with Crippen molar-refractivity contribution in [1.29, 1.82) is 0 Å². The third-order valence-corrected chi connectivity index (χ3v) is 9.25. The summed E-state index contributed by atoms with van der Waals surface area (Å²) >= 11 is 6.58. The molecule has 1 N–H and O–H groups in total. The van der Waals surface area contributed by atoms with E-state index in [0.29, 0.717) is 40.3 Å². The Morgan fingerprint density at radius 1 is 1.11 bits per heavy atom. The lowest BCUT2D eigenvalue weighted by Gasteiger charge is -2.42. The fourth-order valence-corrected chi connectivity index (χ4v) is 6.72. The van der Waals surface area contributed by atoms with E-state index in [1.807, 2.05) is 49.9 Å². The molecule has 2 aromatic carbocycles. The number of aliphatic hydroxyl groups excluding tert-OH is 1. The zero-order chi connectivity index (χ0) is 30.8. The Kier molecular flexibility index (Phi) is 7.05. The quantitative estimate of drug-likeness (QED) is 0.265. The number of amides is 1. The predicted molar refractivity (Wildman–Crippen MR) is 167 cm³/mol. The second kappa shape index (κ2) is 10.7. The Labute approximate surface area is 260 Å². The maximum atomic E-state index is 16.6. The molecule has 2 saturated heterocycles. The van der Waals surface area contributed by atoms with Crippen LogP contribution in [0.4, 0.5) is 15.0 Å². The Morgan fingerprint density at radius 3 is 2.48 bits per heavy atom. The van der Waals surface area contributed by atoms with Gasteiger partial charge in [-0.15, -0.1) is 0 Å². The van der Waals surface area contributed by atoms with Crippen molar-refractivity contribution >= 4 is 45.2 Å². The summed E-state index contributed by atoms with van der Waals surface area (Å²) in [5.74, 6) is -0.0874. The van der Waals surface area contributed by atoms with Crippen LogP contribution in [0, 0.1) is 11.2 Å². The lowest BCUT2D eigenvalue weighted by molar-refractivity contribution is 0.0122. The highest BCUT2D eigenvalue weighted by atomic mass is 35.5. The molecule has 1 saturated carbocycles. The van der Waals surface area contributed by atoms with Crippen LogP contribution in [0.15, 0.2) is 42.6 Å². The number of ether oxygens (including phenoxy) is 2. The van der Waals surface area contributed by atoms with Gasteiger partial charge < -0.3 is 19.5 Å². The van der Waals surface area contributed by atoms with Gasteiger partial charge in [-0.05, 0) is 57.9 Å². The largest absolute Gasteiger partial charge is 0.463 e. The van der Waals surface area contributed by atoms with Gasteiger partial charge in [0.2, 0.25) is 0 Å². The lowest BCUT2D eigenvalue weighted by Crippen LogP contribution is -2.57. The van der Waals surface area contributed by atoms with E-state index in [1.165, 1.54) is 0 Å². The number of rotatable bonds is 6. The van der Waals surface area contributed by atoms with E-state index in [9.17, 15) is 9.90 Å². The molecule has 9 nitrogen and oxygen atoms in total. The summed E-state index contributed by atoms with van der Waals surface area (Å²) in [6.45, 7) is 6.85. The summed E-state index contributed by atoms with van der Waals surface area (Å²) in [6.07, 6.45) is 4.68. The van der Waals surface area contributed by atoms with Crippen LogP contribution in [-0.4, -0.2) is 75.0 Å². The number of hydrogen-bond acceptors (Lipinski definition) is 8. The first-order valence-corrected chi connectivity index (χ1v) is 15.5. The molecular formula is C33H35ClFN5O4. The summed E-state index contributed by atoms with van der Waals surface area (Å²) in [6, 6.07) is 11.0. The van der Waals surface area contributed by atoms with E-state index in [0.717, 1.165) is 31.1 Å². The highest BCUT2D eigenvalue weighted by molar-refractivity contribution is 6.36. The van der Waals surface area contributed by atoms with Crippen molar-refractivity contribution in [3.05, 3.63) is 53.4 Å². The molecule has 2 unspecified atom stereocenters. The number of halogens is 2. The van der Waals surface area contributed by atoms with Crippen LogP contribution in [0.5, 0.6) is 6.01 Å². The summed E-state index contributed by atoms with van der Waals surface area (Å²) in [5.41, 5.74) is -0.106. The number of fused-ring (bicyclic) bond motifs is 4. The fourth-order valence-electron chi connectivity index (χ4n) is 6.44.